The number of para-hydroxylation sites is 1. The fourth-order valence-electron chi connectivity index (χ4n) is 0.965. The van der Waals surface area contributed by atoms with E-state index in [1.165, 1.54) is 6.08 Å². The second-order valence-electron chi connectivity index (χ2n) is 2.70. The average molecular weight is 212 g/mol. The molecular weight excluding hydrogens is 200 g/mol. The summed E-state index contributed by atoms with van der Waals surface area (Å²) in [6.07, 6.45) is 1.30. The maximum Gasteiger partial charge on any atom is 0.251 e. The van der Waals surface area contributed by atoms with Crippen LogP contribution in [0, 0.1) is 0 Å². The van der Waals surface area contributed by atoms with Crippen molar-refractivity contribution < 1.29 is 8.42 Å². The lowest BCUT2D eigenvalue weighted by molar-refractivity contribution is 0.595. The van der Waals surface area contributed by atoms with E-state index in [1.54, 1.807) is 30.3 Å². The quantitative estimate of drug-likeness (QED) is 0.458. The zero-order chi connectivity index (χ0) is 10.6. The van der Waals surface area contributed by atoms with Gasteiger partial charge in [-0.15, -0.1) is 6.58 Å². The smallest absolute Gasteiger partial charge is 0.233 e. The summed E-state index contributed by atoms with van der Waals surface area (Å²) in [4.78, 5) is 0. The number of hydrogen-bond donors (Lipinski definition) is 1. The van der Waals surface area contributed by atoms with E-state index in [0.29, 0.717) is 5.69 Å². The average Bonchev–Trinajstić information content (AvgIpc) is 2.18. The van der Waals surface area contributed by atoms with Crippen LogP contribution < -0.4 is 10.3 Å². The molecule has 0 unspecified atom stereocenters. The molecule has 0 saturated carbocycles. The highest BCUT2D eigenvalue weighted by molar-refractivity contribution is 7.92. The van der Waals surface area contributed by atoms with Gasteiger partial charge >= 0.3 is 0 Å². The Balaban J connectivity index is 2.96. The summed E-state index contributed by atoms with van der Waals surface area (Å²) < 4.78 is 23.7. The number of anilines is 1. The van der Waals surface area contributed by atoms with Crippen LogP contribution in [0.5, 0.6) is 0 Å². The van der Waals surface area contributed by atoms with Gasteiger partial charge in [-0.25, -0.2) is 18.7 Å². The third kappa shape index (κ3) is 2.34. The minimum atomic E-state index is -3.47. The maximum absolute atomic E-state index is 11.5. The van der Waals surface area contributed by atoms with Gasteiger partial charge in [-0.2, -0.15) is 0 Å². The molecule has 14 heavy (non-hydrogen) atoms. The van der Waals surface area contributed by atoms with E-state index in [1.807, 2.05) is 0 Å². The molecule has 0 heterocycles. The number of hydrogen-bond acceptors (Lipinski definition) is 3. The minimum absolute atomic E-state index is 0.168. The lowest BCUT2D eigenvalue weighted by Crippen LogP contribution is -2.38. The Morgan fingerprint density at radius 1 is 1.36 bits per heavy atom. The molecule has 0 aliphatic carbocycles. The Labute approximate surface area is 83.7 Å². The topological polar surface area (TPSA) is 63.4 Å². The second-order valence-corrected chi connectivity index (χ2v) is 4.59. The van der Waals surface area contributed by atoms with Crippen molar-refractivity contribution in [2.45, 2.75) is 0 Å². The summed E-state index contributed by atoms with van der Waals surface area (Å²) >= 11 is 0. The van der Waals surface area contributed by atoms with Gasteiger partial charge < -0.3 is 0 Å². The Morgan fingerprint density at radius 2 is 1.93 bits per heavy atom. The summed E-state index contributed by atoms with van der Waals surface area (Å²) in [6, 6.07) is 8.48. The van der Waals surface area contributed by atoms with Gasteiger partial charge in [0, 0.05) is 0 Å². The molecule has 0 spiro atoms. The molecule has 1 rings (SSSR count). The highest BCUT2D eigenvalue weighted by atomic mass is 32.2. The van der Waals surface area contributed by atoms with Gasteiger partial charge in [0.15, 0.2) is 0 Å². The van der Waals surface area contributed by atoms with Crippen molar-refractivity contribution >= 4 is 15.7 Å². The van der Waals surface area contributed by atoms with Crippen LogP contribution in [0.15, 0.2) is 43.0 Å². The molecule has 76 valence electrons. The van der Waals surface area contributed by atoms with Gasteiger partial charge in [0.1, 0.15) is 0 Å². The fourth-order valence-corrected chi connectivity index (χ4v) is 1.87. The van der Waals surface area contributed by atoms with Crippen LogP contribution in [-0.4, -0.2) is 14.2 Å². The van der Waals surface area contributed by atoms with E-state index in [9.17, 15) is 8.42 Å². The van der Waals surface area contributed by atoms with E-state index >= 15 is 0 Å². The lowest BCUT2D eigenvalue weighted by atomic mass is 10.3. The van der Waals surface area contributed by atoms with Crippen LogP contribution in [0.4, 0.5) is 5.69 Å². The summed E-state index contributed by atoms with van der Waals surface area (Å²) in [5.74, 6) is 5.29. The Hall–Kier alpha value is -1.33. The van der Waals surface area contributed by atoms with Crippen LogP contribution >= 0.6 is 0 Å². The fraction of sp³-hybridized carbons (Fsp3) is 0.111. The standard InChI is InChI=1S/C9H12N2O2S/c1-2-8-14(12,13)11(10)9-6-4-3-5-7-9/h2-7H,1,8,10H2. The molecule has 2 N–H and O–H groups in total. The molecule has 0 amide bonds. The second kappa shape index (κ2) is 4.26. The predicted octanol–water partition coefficient (Wildman–Crippen LogP) is 0.882. The van der Waals surface area contributed by atoms with E-state index in [4.69, 9.17) is 5.84 Å². The molecule has 0 aliphatic heterocycles. The highest BCUT2D eigenvalue weighted by Crippen LogP contribution is 2.13. The van der Waals surface area contributed by atoms with Gasteiger partial charge in [0.05, 0.1) is 11.4 Å². The highest BCUT2D eigenvalue weighted by Gasteiger charge is 2.16. The van der Waals surface area contributed by atoms with Gasteiger partial charge in [0.2, 0.25) is 0 Å². The van der Waals surface area contributed by atoms with Crippen molar-refractivity contribution in [2.24, 2.45) is 5.84 Å². The van der Waals surface area contributed by atoms with Gasteiger partial charge in [0.25, 0.3) is 10.0 Å². The van der Waals surface area contributed by atoms with Gasteiger partial charge in [-0.1, -0.05) is 24.3 Å². The SMILES string of the molecule is C=CCS(=O)(=O)N(N)c1ccccc1. The first-order chi connectivity index (χ1) is 6.58. The Kier molecular flexibility index (Phi) is 3.27. The number of benzene rings is 1. The lowest BCUT2D eigenvalue weighted by Gasteiger charge is -2.17. The normalized spacial score (nSPS) is 10.9. The maximum atomic E-state index is 11.5. The number of nitrogens with zero attached hydrogens (tertiary/aromatic N) is 1. The zero-order valence-electron chi connectivity index (χ0n) is 7.63. The summed E-state index contributed by atoms with van der Waals surface area (Å²) in [7, 11) is -3.47. The van der Waals surface area contributed by atoms with Crippen LogP contribution in [0.1, 0.15) is 0 Å². The molecule has 5 heteroatoms. The molecule has 1 aromatic rings. The number of rotatable bonds is 4. The van der Waals surface area contributed by atoms with E-state index in [2.05, 4.69) is 6.58 Å². The molecule has 0 bridgehead atoms. The largest absolute Gasteiger partial charge is 0.251 e. The first-order valence-electron chi connectivity index (χ1n) is 4.01. The monoisotopic (exact) mass is 212 g/mol. The summed E-state index contributed by atoms with van der Waals surface area (Å²) in [5.41, 5.74) is 0.439. The first kappa shape index (κ1) is 10.7. The number of nitrogens with two attached hydrogens (primary N) is 1. The third-order valence-electron chi connectivity index (χ3n) is 1.64. The zero-order valence-corrected chi connectivity index (χ0v) is 8.44. The summed E-state index contributed by atoms with van der Waals surface area (Å²) in [6.45, 7) is 3.36. The molecule has 0 aromatic heterocycles. The molecule has 0 atom stereocenters. The van der Waals surface area contributed by atoms with Crippen molar-refractivity contribution in [3.63, 3.8) is 0 Å². The van der Waals surface area contributed by atoms with E-state index < -0.39 is 10.0 Å². The molecule has 1 aromatic carbocycles. The molecule has 0 saturated heterocycles. The molecule has 0 aliphatic rings. The van der Waals surface area contributed by atoms with Crippen molar-refractivity contribution in [3.05, 3.63) is 43.0 Å². The molecule has 4 nitrogen and oxygen atoms in total. The van der Waals surface area contributed by atoms with Gasteiger partial charge in [-0.05, 0) is 12.1 Å². The number of hydrazine groups is 1. The molecule has 0 radical (unpaired) electrons. The van der Waals surface area contributed by atoms with Crippen molar-refractivity contribution in [1.82, 2.24) is 0 Å². The van der Waals surface area contributed by atoms with Crippen LogP contribution in [-0.2, 0) is 10.0 Å². The van der Waals surface area contributed by atoms with Crippen LogP contribution in [0.25, 0.3) is 0 Å². The summed E-state index contributed by atoms with van der Waals surface area (Å²) in [5, 5.41) is 0. The first-order valence-corrected chi connectivity index (χ1v) is 5.62. The van der Waals surface area contributed by atoms with Crippen molar-refractivity contribution in [2.75, 3.05) is 10.2 Å². The van der Waals surface area contributed by atoms with Crippen molar-refractivity contribution in [1.29, 1.82) is 0 Å². The van der Waals surface area contributed by atoms with Crippen LogP contribution in [0.3, 0.4) is 0 Å². The van der Waals surface area contributed by atoms with E-state index in [-0.39, 0.29) is 5.75 Å². The minimum Gasteiger partial charge on any atom is -0.233 e. The van der Waals surface area contributed by atoms with Crippen LogP contribution in [0.2, 0.25) is 0 Å². The molecular formula is C9H12N2O2S. The molecule has 0 fully saturated rings. The Morgan fingerprint density at radius 3 is 2.43 bits per heavy atom. The van der Waals surface area contributed by atoms with Crippen molar-refractivity contribution in [3.8, 4) is 0 Å². The predicted molar refractivity (Wildman–Crippen MR) is 57.1 cm³/mol. The van der Waals surface area contributed by atoms with E-state index in [0.717, 1.165) is 4.41 Å². The Bertz CT molecular complexity index is 400. The third-order valence-corrected chi connectivity index (χ3v) is 3.11. The number of sulfonamides is 1. The van der Waals surface area contributed by atoms with Gasteiger partial charge in [-0.3, -0.25) is 0 Å².